The first kappa shape index (κ1) is 29.8. The highest BCUT2D eigenvalue weighted by Crippen LogP contribution is 2.30. The Balaban J connectivity index is 1.41. The van der Waals surface area contributed by atoms with E-state index in [1.807, 2.05) is 47.0 Å². The Bertz CT molecular complexity index is 1340. The molecule has 41 heavy (non-hydrogen) atoms. The van der Waals surface area contributed by atoms with Gasteiger partial charge < -0.3 is 30.0 Å². The lowest BCUT2D eigenvalue weighted by Gasteiger charge is -2.29. The summed E-state index contributed by atoms with van der Waals surface area (Å²) in [4.78, 5) is 43.3. The quantitative estimate of drug-likeness (QED) is 0.342. The number of aromatic nitrogens is 2. The number of alkyl carbamates (subject to hydrolysis) is 1. The van der Waals surface area contributed by atoms with E-state index in [-0.39, 0.29) is 19.3 Å². The van der Waals surface area contributed by atoms with Crippen LogP contribution >= 0.6 is 0 Å². The van der Waals surface area contributed by atoms with E-state index in [1.54, 1.807) is 33.3 Å². The van der Waals surface area contributed by atoms with Gasteiger partial charge in [0.1, 0.15) is 17.2 Å². The number of hydrogen-bond donors (Lipinski definition) is 3. The van der Waals surface area contributed by atoms with Gasteiger partial charge in [-0.05, 0) is 64.2 Å². The molecule has 3 amide bonds. The molecule has 4 rings (SSSR count). The molecule has 0 unspecified atom stereocenters. The maximum Gasteiger partial charge on any atom is 0.408 e. The van der Waals surface area contributed by atoms with Crippen molar-refractivity contribution >= 4 is 23.7 Å². The van der Waals surface area contributed by atoms with Gasteiger partial charge in [-0.1, -0.05) is 54.6 Å². The molecule has 1 aliphatic rings. The summed E-state index contributed by atoms with van der Waals surface area (Å²) in [5.41, 5.74) is 1.48. The van der Waals surface area contributed by atoms with Crippen LogP contribution in [0.4, 0.5) is 10.6 Å². The second-order valence-electron chi connectivity index (χ2n) is 11.8. The smallest absolute Gasteiger partial charge is 0.408 e. The van der Waals surface area contributed by atoms with E-state index in [0.717, 1.165) is 18.4 Å². The predicted octanol–water partition coefficient (Wildman–Crippen LogP) is 4.17. The normalized spacial score (nSPS) is 14.2. The van der Waals surface area contributed by atoms with Gasteiger partial charge in [-0.3, -0.25) is 9.59 Å². The molecule has 1 aliphatic carbocycles. The van der Waals surface area contributed by atoms with E-state index < -0.39 is 35.1 Å². The summed E-state index contributed by atoms with van der Waals surface area (Å²) < 4.78 is 13.1. The van der Waals surface area contributed by atoms with Crippen molar-refractivity contribution in [1.82, 2.24) is 20.2 Å². The van der Waals surface area contributed by atoms with Crippen molar-refractivity contribution in [3.8, 4) is 0 Å². The second kappa shape index (κ2) is 12.6. The fourth-order valence-electron chi connectivity index (χ4n) is 4.57. The van der Waals surface area contributed by atoms with Gasteiger partial charge in [0.25, 0.3) is 5.91 Å². The van der Waals surface area contributed by atoms with E-state index in [4.69, 9.17) is 9.47 Å². The third-order valence-corrected chi connectivity index (χ3v) is 6.70. The molecule has 2 aromatic carbocycles. The Hall–Kier alpha value is -4.18. The van der Waals surface area contributed by atoms with Gasteiger partial charge in [0.05, 0.1) is 19.5 Å². The SMILES string of the molecule is CC(C)(C)OC(=O)NC(C)(C)C(=O)N[C@H](COCc1ccccc1)C(=O)Nc1cn(C2Cc3ccccc3C2)cn1. The van der Waals surface area contributed by atoms with Crippen LogP contribution in [-0.4, -0.2) is 51.2 Å². The van der Waals surface area contributed by atoms with E-state index in [0.29, 0.717) is 5.82 Å². The molecular weight excluding hydrogens is 522 g/mol. The first-order chi connectivity index (χ1) is 19.4. The van der Waals surface area contributed by atoms with Gasteiger partial charge in [-0.15, -0.1) is 0 Å². The Morgan fingerprint density at radius 3 is 2.24 bits per heavy atom. The minimum absolute atomic E-state index is 0.0897. The molecule has 0 aliphatic heterocycles. The van der Waals surface area contributed by atoms with Crippen molar-refractivity contribution in [2.24, 2.45) is 0 Å². The van der Waals surface area contributed by atoms with Crippen molar-refractivity contribution in [3.05, 3.63) is 83.8 Å². The molecule has 10 heteroatoms. The third-order valence-electron chi connectivity index (χ3n) is 6.70. The maximum absolute atomic E-state index is 13.4. The number of carbonyl (C=O) groups is 3. The fraction of sp³-hybridized carbons (Fsp3) is 0.419. The summed E-state index contributed by atoms with van der Waals surface area (Å²) in [7, 11) is 0. The van der Waals surface area contributed by atoms with E-state index >= 15 is 0 Å². The maximum atomic E-state index is 13.4. The summed E-state index contributed by atoms with van der Waals surface area (Å²) in [6.45, 7) is 8.44. The zero-order valence-corrected chi connectivity index (χ0v) is 24.3. The fourth-order valence-corrected chi connectivity index (χ4v) is 4.57. The molecule has 1 atom stereocenters. The van der Waals surface area contributed by atoms with E-state index in [2.05, 4.69) is 33.1 Å². The molecule has 0 spiro atoms. The number of nitrogens with zero attached hydrogens (tertiary/aromatic N) is 2. The summed E-state index contributed by atoms with van der Waals surface area (Å²) in [5.74, 6) is -0.681. The molecule has 218 valence electrons. The first-order valence-corrected chi connectivity index (χ1v) is 13.7. The highest BCUT2D eigenvalue weighted by molar-refractivity contribution is 5.98. The Kier molecular flexibility index (Phi) is 9.12. The Labute approximate surface area is 240 Å². The number of nitrogens with one attached hydrogen (secondary N) is 3. The zero-order valence-electron chi connectivity index (χ0n) is 24.3. The first-order valence-electron chi connectivity index (χ1n) is 13.7. The van der Waals surface area contributed by atoms with Crippen LogP contribution in [0.15, 0.2) is 67.1 Å². The molecule has 1 heterocycles. The summed E-state index contributed by atoms with van der Waals surface area (Å²) >= 11 is 0. The summed E-state index contributed by atoms with van der Waals surface area (Å²) in [6, 6.07) is 17.0. The van der Waals surface area contributed by atoms with Crippen molar-refractivity contribution in [3.63, 3.8) is 0 Å². The molecule has 3 aromatic rings. The molecule has 0 fully saturated rings. The van der Waals surface area contributed by atoms with Crippen LogP contribution in [-0.2, 0) is 38.5 Å². The second-order valence-corrected chi connectivity index (χ2v) is 11.8. The van der Waals surface area contributed by atoms with Gasteiger partial charge in [0.15, 0.2) is 5.82 Å². The predicted molar refractivity (Wildman–Crippen MR) is 155 cm³/mol. The molecule has 0 bridgehead atoms. The van der Waals surface area contributed by atoms with Crippen molar-refractivity contribution < 1.29 is 23.9 Å². The largest absolute Gasteiger partial charge is 0.444 e. The molecule has 0 radical (unpaired) electrons. The monoisotopic (exact) mass is 561 g/mol. The lowest BCUT2D eigenvalue weighted by molar-refractivity contribution is -0.131. The van der Waals surface area contributed by atoms with Gasteiger partial charge in [0.2, 0.25) is 5.91 Å². The third kappa shape index (κ3) is 8.40. The number of hydrogen-bond acceptors (Lipinski definition) is 6. The lowest BCUT2D eigenvalue weighted by Crippen LogP contribution is -2.59. The van der Waals surface area contributed by atoms with Gasteiger partial charge >= 0.3 is 6.09 Å². The van der Waals surface area contributed by atoms with Crippen molar-refractivity contribution in [1.29, 1.82) is 0 Å². The van der Waals surface area contributed by atoms with E-state index in [9.17, 15) is 14.4 Å². The van der Waals surface area contributed by atoms with E-state index in [1.165, 1.54) is 25.0 Å². The van der Waals surface area contributed by atoms with Gasteiger partial charge in [-0.25, -0.2) is 9.78 Å². The minimum Gasteiger partial charge on any atom is -0.444 e. The highest BCUT2D eigenvalue weighted by atomic mass is 16.6. The van der Waals surface area contributed by atoms with Crippen LogP contribution in [0.1, 0.15) is 57.4 Å². The van der Waals surface area contributed by atoms with Crippen LogP contribution in [0.2, 0.25) is 0 Å². The van der Waals surface area contributed by atoms with Crippen molar-refractivity contribution in [2.45, 2.75) is 77.3 Å². The van der Waals surface area contributed by atoms with Crippen LogP contribution in [0.5, 0.6) is 0 Å². The Morgan fingerprint density at radius 1 is 0.976 bits per heavy atom. The zero-order chi connectivity index (χ0) is 29.6. The van der Waals surface area contributed by atoms with Crippen molar-refractivity contribution in [2.75, 3.05) is 11.9 Å². The van der Waals surface area contributed by atoms with Crippen LogP contribution < -0.4 is 16.0 Å². The average molecular weight is 562 g/mol. The number of carbonyl (C=O) groups excluding carboxylic acids is 3. The van der Waals surface area contributed by atoms with Gasteiger partial charge in [-0.2, -0.15) is 0 Å². The topological polar surface area (TPSA) is 124 Å². The molecule has 10 nitrogen and oxygen atoms in total. The molecule has 0 saturated carbocycles. The molecule has 1 aromatic heterocycles. The number of rotatable bonds is 10. The van der Waals surface area contributed by atoms with Gasteiger partial charge in [0, 0.05) is 12.2 Å². The lowest BCUT2D eigenvalue weighted by atomic mass is 10.0. The summed E-state index contributed by atoms with van der Waals surface area (Å²) in [6.07, 6.45) is 4.56. The Morgan fingerprint density at radius 2 is 1.61 bits per heavy atom. The van der Waals surface area contributed by atoms with Crippen LogP contribution in [0.3, 0.4) is 0 Å². The van der Waals surface area contributed by atoms with Crippen LogP contribution in [0, 0.1) is 0 Å². The minimum atomic E-state index is -1.36. The average Bonchev–Trinajstić information content (AvgIpc) is 3.54. The number of fused-ring (bicyclic) bond motifs is 1. The standard InChI is InChI=1S/C31H39N5O5/c1-30(2,3)41-29(39)35-31(4,5)28(38)33-25(19-40-18-21-11-7-6-8-12-21)27(37)34-26-17-36(20-32-26)24-15-22-13-9-10-14-23(22)16-24/h6-14,17,20,24-25H,15-16,18-19H2,1-5H3,(H,33,38)(H,34,37)(H,35,39)/t25-/m1/s1. The number of anilines is 1. The number of ether oxygens (including phenoxy) is 2. The number of amides is 3. The van der Waals surface area contributed by atoms with Crippen LogP contribution in [0.25, 0.3) is 0 Å². The molecule has 3 N–H and O–H groups in total. The number of benzene rings is 2. The summed E-state index contributed by atoms with van der Waals surface area (Å²) in [5, 5.41) is 8.10. The molecule has 0 saturated heterocycles. The molecular formula is C31H39N5O5. The highest BCUT2D eigenvalue weighted by Gasteiger charge is 2.34. The number of imidazole rings is 1.